The molecule has 26 heavy (non-hydrogen) atoms. The van der Waals surface area contributed by atoms with Crippen molar-refractivity contribution >= 4 is 39.1 Å². The van der Waals surface area contributed by atoms with Gasteiger partial charge in [-0.2, -0.15) is 0 Å². The lowest BCUT2D eigenvalue weighted by molar-refractivity contribution is -0.118. The van der Waals surface area contributed by atoms with Gasteiger partial charge in [-0.15, -0.1) is 11.8 Å². The average molecular weight is 391 g/mol. The van der Waals surface area contributed by atoms with Crippen LogP contribution in [-0.2, 0) is 21.2 Å². The number of rotatable bonds is 6. The molecule has 1 amide bonds. The normalized spacial score (nSPS) is 13.5. The monoisotopic (exact) mass is 390 g/mol. The van der Waals surface area contributed by atoms with Crippen molar-refractivity contribution in [3.05, 3.63) is 48.0 Å². The number of anilines is 2. The fourth-order valence-corrected chi connectivity index (χ4v) is 4.99. The highest BCUT2D eigenvalue weighted by molar-refractivity contribution is 7.99. The molecule has 0 saturated heterocycles. The van der Waals surface area contributed by atoms with Gasteiger partial charge in [-0.1, -0.05) is 26.0 Å². The lowest BCUT2D eigenvalue weighted by Gasteiger charge is -2.17. The minimum absolute atomic E-state index is 0.0583. The van der Waals surface area contributed by atoms with Crippen molar-refractivity contribution in [3.63, 3.8) is 0 Å². The van der Waals surface area contributed by atoms with E-state index in [2.05, 4.69) is 4.72 Å². The number of benzene rings is 2. The summed E-state index contributed by atoms with van der Waals surface area (Å²) in [5.41, 5.74) is 2.30. The smallest absolute Gasteiger partial charge is 0.261 e. The van der Waals surface area contributed by atoms with Crippen LogP contribution in [0.5, 0.6) is 0 Å². The van der Waals surface area contributed by atoms with Gasteiger partial charge in [0.2, 0.25) is 5.91 Å². The van der Waals surface area contributed by atoms with Gasteiger partial charge in [0.15, 0.2) is 0 Å². The molecular weight excluding hydrogens is 368 g/mol. The van der Waals surface area contributed by atoms with Crippen molar-refractivity contribution in [2.75, 3.05) is 21.9 Å². The van der Waals surface area contributed by atoms with Crippen LogP contribution in [0.3, 0.4) is 0 Å². The van der Waals surface area contributed by atoms with Gasteiger partial charge in [0.05, 0.1) is 10.6 Å². The van der Waals surface area contributed by atoms with Gasteiger partial charge in [0.1, 0.15) is 0 Å². The van der Waals surface area contributed by atoms with Gasteiger partial charge in [-0.05, 0) is 48.1 Å². The maximum atomic E-state index is 12.8. The molecule has 1 aliphatic rings. The molecule has 0 bridgehead atoms. The summed E-state index contributed by atoms with van der Waals surface area (Å²) in [6.45, 7) is 4.46. The SMILES string of the molecule is CCSc1ccccc1NS(=O)(=O)c1ccc2c(c1)CCN2C(=O)CC. The summed E-state index contributed by atoms with van der Waals surface area (Å²) in [7, 11) is -3.69. The van der Waals surface area contributed by atoms with Crippen LogP contribution in [0.1, 0.15) is 25.8 Å². The average Bonchev–Trinajstić information content (AvgIpc) is 3.06. The Balaban J connectivity index is 1.89. The van der Waals surface area contributed by atoms with Crippen molar-refractivity contribution in [3.8, 4) is 0 Å². The first-order valence-corrected chi connectivity index (χ1v) is 11.1. The second kappa shape index (κ2) is 7.72. The van der Waals surface area contributed by atoms with Crippen LogP contribution in [0.25, 0.3) is 0 Å². The maximum absolute atomic E-state index is 12.8. The highest BCUT2D eigenvalue weighted by atomic mass is 32.2. The van der Waals surface area contributed by atoms with Crippen LogP contribution in [-0.4, -0.2) is 26.6 Å². The summed E-state index contributed by atoms with van der Waals surface area (Å²) in [6.07, 6.45) is 1.11. The molecule has 0 fully saturated rings. The van der Waals surface area contributed by atoms with Crippen LogP contribution in [0.2, 0.25) is 0 Å². The van der Waals surface area contributed by atoms with Gasteiger partial charge in [-0.3, -0.25) is 9.52 Å². The van der Waals surface area contributed by atoms with E-state index in [1.165, 1.54) is 0 Å². The zero-order chi connectivity index (χ0) is 18.7. The molecule has 0 spiro atoms. The Bertz CT molecular complexity index is 926. The minimum Gasteiger partial charge on any atom is -0.312 e. The molecule has 0 aromatic heterocycles. The van der Waals surface area contributed by atoms with Crippen LogP contribution < -0.4 is 9.62 Å². The van der Waals surface area contributed by atoms with Crippen LogP contribution in [0.15, 0.2) is 52.3 Å². The van der Waals surface area contributed by atoms with Gasteiger partial charge in [0, 0.05) is 23.5 Å². The van der Waals surface area contributed by atoms with E-state index in [0.29, 0.717) is 25.1 Å². The highest BCUT2D eigenvalue weighted by Crippen LogP contribution is 2.32. The topological polar surface area (TPSA) is 66.5 Å². The molecule has 0 unspecified atom stereocenters. The Morgan fingerprint density at radius 1 is 1.19 bits per heavy atom. The molecule has 2 aromatic carbocycles. The maximum Gasteiger partial charge on any atom is 0.261 e. The predicted molar refractivity (Wildman–Crippen MR) is 106 cm³/mol. The fourth-order valence-electron chi connectivity index (χ4n) is 3.03. The summed E-state index contributed by atoms with van der Waals surface area (Å²) >= 11 is 1.59. The number of nitrogens with one attached hydrogen (secondary N) is 1. The zero-order valence-electron chi connectivity index (χ0n) is 14.9. The van der Waals surface area contributed by atoms with Crippen molar-refractivity contribution in [1.29, 1.82) is 0 Å². The molecule has 1 N–H and O–H groups in total. The van der Waals surface area contributed by atoms with Crippen molar-refractivity contribution in [2.24, 2.45) is 0 Å². The Labute approximate surface area is 158 Å². The third-order valence-corrected chi connectivity index (χ3v) is 6.61. The van der Waals surface area contributed by atoms with Gasteiger partial charge < -0.3 is 4.90 Å². The molecule has 0 radical (unpaired) electrons. The predicted octanol–water partition coefficient (Wildman–Crippen LogP) is 3.90. The van der Waals surface area contributed by atoms with Gasteiger partial charge in [0.25, 0.3) is 10.0 Å². The second-order valence-electron chi connectivity index (χ2n) is 5.97. The Morgan fingerprint density at radius 3 is 2.69 bits per heavy atom. The number of amides is 1. The third kappa shape index (κ3) is 3.73. The number of nitrogens with zero attached hydrogens (tertiary/aromatic N) is 1. The van der Waals surface area contributed by atoms with Gasteiger partial charge >= 0.3 is 0 Å². The first-order chi connectivity index (χ1) is 12.5. The molecule has 2 aromatic rings. The Morgan fingerprint density at radius 2 is 1.96 bits per heavy atom. The van der Waals surface area contributed by atoms with E-state index in [-0.39, 0.29) is 10.8 Å². The summed E-state index contributed by atoms with van der Waals surface area (Å²) < 4.78 is 28.4. The summed E-state index contributed by atoms with van der Waals surface area (Å²) in [4.78, 5) is 14.8. The molecule has 5 nitrogen and oxygen atoms in total. The molecule has 3 rings (SSSR count). The number of carbonyl (C=O) groups excluding carboxylic acids is 1. The van der Waals surface area contributed by atoms with E-state index in [1.807, 2.05) is 32.0 Å². The number of hydrogen-bond acceptors (Lipinski definition) is 4. The molecule has 1 aliphatic heterocycles. The summed E-state index contributed by atoms with van der Waals surface area (Å²) in [5, 5.41) is 0. The van der Waals surface area contributed by atoms with Crippen LogP contribution in [0, 0.1) is 0 Å². The van der Waals surface area contributed by atoms with E-state index in [9.17, 15) is 13.2 Å². The zero-order valence-corrected chi connectivity index (χ0v) is 16.5. The Kier molecular flexibility index (Phi) is 5.58. The van der Waals surface area contributed by atoms with Crippen molar-refractivity contribution < 1.29 is 13.2 Å². The lowest BCUT2D eigenvalue weighted by atomic mass is 10.2. The number of sulfonamides is 1. The van der Waals surface area contributed by atoms with Crippen molar-refractivity contribution in [2.45, 2.75) is 36.5 Å². The number of thioether (sulfide) groups is 1. The van der Waals surface area contributed by atoms with E-state index in [4.69, 9.17) is 0 Å². The standard InChI is InChI=1S/C19H22N2O3S2/c1-3-19(22)21-12-11-14-13-15(9-10-17(14)21)26(23,24)20-16-7-5-6-8-18(16)25-4-2/h5-10,13,20H,3-4,11-12H2,1-2H3. The molecule has 0 saturated carbocycles. The van der Waals surface area contributed by atoms with Crippen LogP contribution in [0.4, 0.5) is 11.4 Å². The van der Waals surface area contributed by atoms with E-state index in [0.717, 1.165) is 21.9 Å². The van der Waals surface area contributed by atoms with E-state index >= 15 is 0 Å². The molecule has 7 heteroatoms. The van der Waals surface area contributed by atoms with Gasteiger partial charge in [-0.25, -0.2) is 8.42 Å². The molecule has 0 atom stereocenters. The lowest BCUT2D eigenvalue weighted by Crippen LogP contribution is -2.27. The highest BCUT2D eigenvalue weighted by Gasteiger charge is 2.26. The second-order valence-corrected chi connectivity index (χ2v) is 8.96. The largest absolute Gasteiger partial charge is 0.312 e. The third-order valence-electron chi connectivity index (χ3n) is 4.29. The van der Waals surface area contributed by atoms with Crippen molar-refractivity contribution in [1.82, 2.24) is 0 Å². The number of para-hydroxylation sites is 1. The first kappa shape index (κ1) is 18.8. The number of carbonyl (C=O) groups is 1. The quantitative estimate of drug-likeness (QED) is 0.760. The fraction of sp³-hybridized carbons (Fsp3) is 0.316. The molecule has 138 valence electrons. The Hall–Kier alpha value is -1.99. The number of hydrogen-bond donors (Lipinski definition) is 1. The van der Waals surface area contributed by atoms with E-state index < -0.39 is 10.0 Å². The van der Waals surface area contributed by atoms with E-state index in [1.54, 1.807) is 40.9 Å². The minimum atomic E-state index is -3.69. The van der Waals surface area contributed by atoms with Crippen LogP contribution >= 0.6 is 11.8 Å². The first-order valence-electron chi connectivity index (χ1n) is 8.64. The molecule has 1 heterocycles. The molecule has 0 aliphatic carbocycles. The summed E-state index contributed by atoms with van der Waals surface area (Å²) in [6, 6.07) is 12.4. The number of fused-ring (bicyclic) bond motifs is 1. The molecular formula is C19H22N2O3S2. The summed E-state index contributed by atoms with van der Waals surface area (Å²) in [5.74, 6) is 0.918.